The number of hydrogen-bond donors (Lipinski definition) is 0. The average Bonchev–Trinajstić information content (AvgIpc) is 2.46. The number of ketones is 1. The minimum Gasteiger partial charge on any atom is -0.493 e. The van der Waals surface area contributed by atoms with E-state index in [4.69, 9.17) is 4.74 Å². The molecule has 1 aromatic rings. The Kier molecular flexibility index (Phi) is 3.80. The van der Waals surface area contributed by atoms with Crippen molar-refractivity contribution in [3.8, 4) is 5.75 Å². The summed E-state index contributed by atoms with van der Waals surface area (Å²) in [5.74, 6) is 3.05. The second-order valence-corrected chi connectivity index (χ2v) is 6.33. The monoisotopic (exact) mass is 277 g/mol. The number of likely N-dealkylation sites (N-methyl/N-ethyl adjacent to an activating group) is 1. The molecule has 0 spiro atoms. The van der Waals surface area contributed by atoms with Crippen LogP contribution in [0.4, 0.5) is 0 Å². The van der Waals surface area contributed by atoms with E-state index in [1.165, 1.54) is 5.56 Å². The molecule has 0 saturated carbocycles. The first-order chi connectivity index (χ1) is 9.27. The molecule has 1 saturated heterocycles. The predicted octanol–water partition coefficient (Wildman–Crippen LogP) is 2.24. The van der Waals surface area contributed by atoms with E-state index in [9.17, 15) is 4.79 Å². The number of nitrogens with zero attached hydrogens (tertiary/aromatic N) is 1. The largest absolute Gasteiger partial charge is 0.493 e. The van der Waals surface area contributed by atoms with Crippen molar-refractivity contribution in [2.24, 2.45) is 0 Å². The lowest BCUT2D eigenvalue weighted by Gasteiger charge is -2.31. The highest BCUT2D eigenvalue weighted by Crippen LogP contribution is 2.31. The van der Waals surface area contributed by atoms with E-state index < -0.39 is 0 Å². The lowest BCUT2D eigenvalue weighted by Crippen LogP contribution is -2.44. The van der Waals surface area contributed by atoms with Crippen LogP contribution in [0.1, 0.15) is 22.3 Å². The first kappa shape index (κ1) is 13.0. The summed E-state index contributed by atoms with van der Waals surface area (Å²) in [6.45, 7) is 1.71. The van der Waals surface area contributed by atoms with Gasteiger partial charge < -0.3 is 4.74 Å². The Morgan fingerprint density at radius 2 is 2.37 bits per heavy atom. The summed E-state index contributed by atoms with van der Waals surface area (Å²) < 4.78 is 5.76. The number of ether oxygens (including phenoxy) is 1. The number of hydrogen-bond acceptors (Lipinski definition) is 4. The molecule has 0 aromatic heterocycles. The SMILES string of the molecule is CN1CCSCC1C(=O)c1cccc2c1OCCC2. The van der Waals surface area contributed by atoms with Gasteiger partial charge in [0, 0.05) is 18.1 Å². The van der Waals surface area contributed by atoms with Gasteiger partial charge in [-0.1, -0.05) is 12.1 Å². The van der Waals surface area contributed by atoms with Crippen LogP contribution in [0.5, 0.6) is 5.75 Å². The van der Waals surface area contributed by atoms with Gasteiger partial charge in [-0.15, -0.1) is 0 Å². The van der Waals surface area contributed by atoms with Gasteiger partial charge in [0.25, 0.3) is 0 Å². The standard InChI is InChI=1S/C15H19NO2S/c1-16-7-9-19-10-13(16)14(17)12-6-2-4-11-5-3-8-18-15(11)12/h2,4,6,13H,3,5,7-10H2,1H3. The topological polar surface area (TPSA) is 29.5 Å². The molecule has 0 aliphatic carbocycles. The van der Waals surface area contributed by atoms with Crippen molar-refractivity contribution in [1.29, 1.82) is 0 Å². The van der Waals surface area contributed by atoms with Crippen molar-refractivity contribution in [3.63, 3.8) is 0 Å². The van der Waals surface area contributed by atoms with E-state index in [0.717, 1.165) is 48.8 Å². The minimum atomic E-state index is -0.00391. The summed E-state index contributed by atoms with van der Waals surface area (Å²) in [6.07, 6.45) is 2.07. The van der Waals surface area contributed by atoms with Crippen molar-refractivity contribution < 1.29 is 9.53 Å². The Hall–Kier alpha value is -1.00. The van der Waals surface area contributed by atoms with E-state index >= 15 is 0 Å². The van der Waals surface area contributed by atoms with Crippen molar-refractivity contribution >= 4 is 17.5 Å². The average molecular weight is 277 g/mol. The third-order valence-electron chi connectivity index (χ3n) is 3.90. The molecule has 2 aliphatic heterocycles. The van der Waals surface area contributed by atoms with E-state index in [0.29, 0.717) is 0 Å². The summed E-state index contributed by atoms with van der Waals surface area (Å²) in [4.78, 5) is 14.9. The Bertz CT molecular complexity index is 489. The number of para-hydroxylation sites is 1. The molecule has 19 heavy (non-hydrogen) atoms. The normalized spacial score (nSPS) is 23.5. The fourth-order valence-electron chi connectivity index (χ4n) is 2.72. The van der Waals surface area contributed by atoms with Gasteiger partial charge in [0.15, 0.2) is 5.78 Å². The molecule has 0 N–H and O–H groups in total. The van der Waals surface area contributed by atoms with E-state index in [2.05, 4.69) is 11.0 Å². The first-order valence-electron chi connectivity index (χ1n) is 6.84. The Balaban J connectivity index is 1.91. The second-order valence-electron chi connectivity index (χ2n) is 5.18. The summed E-state index contributed by atoms with van der Waals surface area (Å²) in [5.41, 5.74) is 1.96. The molecule has 102 valence electrons. The van der Waals surface area contributed by atoms with Gasteiger partial charge in [-0.2, -0.15) is 11.8 Å². The number of aryl methyl sites for hydroxylation is 1. The molecule has 1 unspecified atom stereocenters. The maximum atomic E-state index is 12.7. The first-order valence-corrected chi connectivity index (χ1v) is 8.00. The molecular weight excluding hydrogens is 258 g/mol. The zero-order valence-corrected chi connectivity index (χ0v) is 12.0. The molecule has 2 aliphatic rings. The second kappa shape index (κ2) is 5.55. The molecule has 1 fully saturated rings. The molecule has 1 atom stereocenters. The summed E-state index contributed by atoms with van der Waals surface area (Å²) in [5, 5.41) is 0. The summed E-state index contributed by atoms with van der Waals surface area (Å²) in [6, 6.07) is 5.97. The highest BCUT2D eigenvalue weighted by atomic mass is 32.2. The van der Waals surface area contributed by atoms with Crippen LogP contribution in [0.3, 0.4) is 0 Å². The maximum absolute atomic E-state index is 12.7. The lowest BCUT2D eigenvalue weighted by atomic mass is 9.97. The van der Waals surface area contributed by atoms with Crippen LogP contribution in [0.25, 0.3) is 0 Å². The number of benzene rings is 1. The number of rotatable bonds is 2. The fraction of sp³-hybridized carbons (Fsp3) is 0.533. The van der Waals surface area contributed by atoms with Crippen LogP contribution in [-0.4, -0.2) is 48.4 Å². The van der Waals surface area contributed by atoms with Gasteiger partial charge in [-0.3, -0.25) is 9.69 Å². The van der Waals surface area contributed by atoms with Crippen LogP contribution in [0, 0.1) is 0 Å². The van der Waals surface area contributed by atoms with Crippen molar-refractivity contribution in [3.05, 3.63) is 29.3 Å². The van der Waals surface area contributed by atoms with E-state index in [-0.39, 0.29) is 11.8 Å². The highest BCUT2D eigenvalue weighted by Gasteiger charge is 2.30. The van der Waals surface area contributed by atoms with Crippen molar-refractivity contribution in [2.75, 3.05) is 31.7 Å². The van der Waals surface area contributed by atoms with Crippen molar-refractivity contribution in [2.45, 2.75) is 18.9 Å². The maximum Gasteiger partial charge on any atom is 0.184 e. The van der Waals surface area contributed by atoms with Crippen LogP contribution < -0.4 is 4.74 Å². The van der Waals surface area contributed by atoms with E-state index in [1.807, 2.05) is 30.9 Å². The van der Waals surface area contributed by atoms with Gasteiger partial charge in [-0.25, -0.2) is 0 Å². The lowest BCUT2D eigenvalue weighted by molar-refractivity contribution is 0.0869. The number of fused-ring (bicyclic) bond motifs is 1. The molecule has 4 heteroatoms. The summed E-state index contributed by atoms with van der Waals surface area (Å²) in [7, 11) is 2.04. The Morgan fingerprint density at radius 3 is 3.21 bits per heavy atom. The number of thioether (sulfide) groups is 1. The molecule has 0 radical (unpaired) electrons. The molecular formula is C15H19NO2S. The molecule has 0 amide bonds. The number of Topliss-reactive ketones (excluding diaryl/α,β-unsaturated/α-hetero) is 1. The van der Waals surface area contributed by atoms with Crippen molar-refractivity contribution in [1.82, 2.24) is 4.90 Å². The summed E-state index contributed by atoms with van der Waals surface area (Å²) >= 11 is 1.86. The van der Waals surface area contributed by atoms with Crippen LogP contribution >= 0.6 is 11.8 Å². The third-order valence-corrected chi connectivity index (χ3v) is 4.92. The van der Waals surface area contributed by atoms with Gasteiger partial charge >= 0.3 is 0 Å². The van der Waals surface area contributed by atoms with Crippen LogP contribution in [0.2, 0.25) is 0 Å². The van der Waals surface area contributed by atoms with Crippen LogP contribution in [0.15, 0.2) is 18.2 Å². The molecule has 1 aromatic carbocycles. The number of carbonyl (C=O) groups excluding carboxylic acids is 1. The van der Waals surface area contributed by atoms with E-state index in [1.54, 1.807) is 0 Å². The zero-order chi connectivity index (χ0) is 13.2. The number of carbonyl (C=O) groups is 1. The molecule has 3 rings (SSSR count). The minimum absolute atomic E-state index is 0.00391. The van der Waals surface area contributed by atoms with Gasteiger partial charge in [0.2, 0.25) is 0 Å². The Morgan fingerprint density at radius 1 is 1.47 bits per heavy atom. The smallest absolute Gasteiger partial charge is 0.184 e. The Labute approximate surface area is 118 Å². The molecule has 3 nitrogen and oxygen atoms in total. The molecule has 2 heterocycles. The quantitative estimate of drug-likeness (QED) is 0.775. The van der Waals surface area contributed by atoms with Gasteiger partial charge in [-0.05, 0) is 31.5 Å². The zero-order valence-electron chi connectivity index (χ0n) is 11.2. The van der Waals surface area contributed by atoms with Crippen LogP contribution in [-0.2, 0) is 6.42 Å². The van der Waals surface area contributed by atoms with Gasteiger partial charge in [0.05, 0.1) is 18.2 Å². The van der Waals surface area contributed by atoms with Gasteiger partial charge in [0.1, 0.15) is 5.75 Å². The third kappa shape index (κ3) is 2.51. The highest BCUT2D eigenvalue weighted by molar-refractivity contribution is 7.99. The fourth-order valence-corrected chi connectivity index (χ4v) is 3.94. The molecule has 0 bridgehead atoms. The predicted molar refractivity (Wildman–Crippen MR) is 78.3 cm³/mol.